The van der Waals surface area contributed by atoms with Crippen LogP contribution in [0.2, 0.25) is 0 Å². The highest BCUT2D eigenvalue weighted by Gasteiger charge is 2.22. The van der Waals surface area contributed by atoms with Crippen molar-refractivity contribution in [3.8, 4) is 0 Å². The van der Waals surface area contributed by atoms with Gasteiger partial charge in [-0.15, -0.1) is 0 Å². The van der Waals surface area contributed by atoms with Crippen LogP contribution < -0.4 is 5.32 Å². The van der Waals surface area contributed by atoms with Crippen molar-refractivity contribution in [2.24, 2.45) is 0 Å². The van der Waals surface area contributed by atoms with Crippen LogP contribution in [0.4, 0.5) is 0 Å². The Balaban J connectivity index is 4.06. The monoisotopic (exact) mass is 246 g/mol. The van der Waals surface area contributed by atoms with E-state index < -0.39 is 12.0 Å². The summed E-state index contributed by atoms with van der Waals surface area (Å²) in [5.74, 6) is -1.08. The van der Waals surface area contributed by atoms with Crippen LogP contribution in [-0.4, -0.2) is 61.8 Å². The summed E-state index contributed by atoms with van der Waals surface area (Å²) >= 11 is 0. The molecule has 0 spiro atoms. The number of nitrogens with zero attached hydrogens (tertiary/aromatic N) is 1. The summed E-state index contributed by atoms with van der Waals surface area (Å²) in [5, 5.41) is 11.7. The van der Waals surface area contributed by atoms with Gasteiger partial charge in [0, 0.05) is 13.7 Å². The third-order valence-corrected chi connectivity index (χ3v) is 2.40. The summed E-state index contributed by atoms with van der Waals surface area (Å²) in [4.78, 5) is 24.0. The summed E-state index contributed by atoms with van der Waals surface area (Å²) in [5.41, 5.74) is 0. The van der Waals surface area contributed by atoms with Crippen LogP contribution in [0.1, 0.15) is 19.8 Å². The van der Waals surface area contributed by atoms with Crippen molar-refractivity contribution in [3.05, 3.63) is 0 Å². The Labute approximate surface area is 102 Å². The average molecular weight is 246 g/mol. The van der Waals surface area contributed by atoms with E-state index in [4.69, 9.17) is 9.84 Å². The van der Waals surface area contributed by atoms with Crippen molar-refractivity contribution in [2.75, 3.05) is 33.9 Å². The van der Waals surface area contributed by atoms with Gasteiger partial charge in [-0.05, 0) is 13.5 Å². The van der Waals surface area contributed by atoms with Crippen molar-refractivity contribution in [1.82, 2.24) is 10.2 Å². The zero-order valence-corrected chi connectivity index (χ0v) is 10.7. The Bertz CT molecular complexity index is 246. The summed E-state index contributed by atoms with van der Waals surface area (Å²) in [7, 11) is 3.20. The van der Waals surface area contributed by atoms with Gasteiger partial charge >= 0.3 is 5.97 Å². The Kier molecular flexibility index (Phi) is 8.35. The van der Waals surface area contributed by atoms with Gasteiger partial charge in [-0.1, -0.05) is 13.3 Å². The fourth-order valence-corrected chi connectivity index (χ4v) is 1.49. The lowest BCUT2D eigenvalue weighted by Crippen LogP contribution is -2.44. The van der Waals surface area contributed by atoms with E-state index in [9.17, 15) is 9.59 Å². The lowest BCUT2D eigenvalue weighted by Gasteiger charge is -2.23. The van der Waals surface area contributed by atoms with Gasteiger partial charge in [0.25, 0.3) is 0 Å². The molecule has 0 aromatic carbocycles. The van der Waals surface area contributed by atoms with E-state index in [0.717, 1.165) is 6.42 Å². The number of likely N-dealkylation sites (N-methyl/N-ethyl adjacent to an activating group) is 1. The predicted molar refractivity (Wildman–Crippen MR) is 63.8 cm³/mol. The van der Waals surface area contributed by atoms with Crippen LogP contribution in [0.3, 0.4) is 0 Å². The molecule has 0 aromatic heterocycles. The number of rotatable bonds is 9. The van der Waals surface area contributed by atoms with Gasteiger partial charge in [-0.25, -0.2) is 0 Å². The molecule has 0 radical (unpaired) electrons. The first kappa shape index (κ1) is 15.9. The minimum absolute atomic E-state index is 0.0840. The second kappa shape index (κ2) is 8.95. The van der Waals surface area contributed by atoms with Crippen molar-refractivity contribution in [2.45, 2.75) is 25.8 Å². The van der Waals surface area contributed by atoms with Crippen molar-refractivity contribution in [3.63, 3.8) is 0 Å². The van der Waals surface area contributed by atoms with Gasteiger partial charge in [0.15, 0.2) is 0 Å². The molecule has 0 saturated heterocycles. The van der Waals surface area contributed by atoms with Crippen LogP contribution in [0.15, 0.2) is 0 Å². The molecule has 17 heavy (non-hydrogen) atoms. The van der Waals surface area contributed by atoms with Gasteiger partial charge < -0.3 is 15.2 Å². The maximum atomic E-state index is 11.5. The minimum atomic E-state index is -0.890. The van der Waals surface area contributed by atoms with Gasteiger partial charge in [0.1, 0.15) is 6.04 Å². The fraction of sp³-hybridized carbons (Fsp3) is 0.818. The van der Waals surface area contributed by atoms with Crippen LogP contribution >= 0.6 is 0 Å². The number of nitrogens with one attached hydrogen (secondary N) is 1. The first-order chi connectivity index (χ1) is 8.02. The Hall–Kier alpha value is -1.14. The van der Waals surface area contributed by atoms with E-state index in [1.54, 1.807) is 19.1 Å². The molecule has 0 aliphatic carbocycles. The zero-order chi connectivity index (χ0) is 13.3. The minimum Gasteiger partial charge on any atom is -0.480 e. The molecule has 1 atom stereocenters. The number of hydrogen-bond donors (Lipinski definition) is 2. The maximum Gasteiger partial charge on any atom is 0.320 e. The third kappa shape index (κ3) is 6.91. The molecule has 0 rings (SSSR count). The molecule has 6 heteroatoms. The summed E-state index contributed by atoms with van der Waals surface area (Å²) < 4.78 is 4.80. The molecule has 100 valence electrons. The predicted octanol–water partition coefficient (Wildman–Crippen LogP) is -0.0659. The Morgan fingerprint density at radius 1 is 1.47 bits per heavy atom. The van der Waals surface area contributed by atoms with E-state index in [0.29, 0.717) is 19.6 Å². The number of amides is 1. The van der Waals surface area contributed by atoms with Crippen molar-refractivity contribution >= 4 is 11.9 Å². The molecule has 1 unspecified atom stereocenters. The number of hydrogen-bond acceptors (Lipinski definition) is 4. The van der Waals surface area contributed by atoms with E-state index in [2.05, 4.69) is 5.32 Å². The molecule has 0 bridgehead atoms. The lowest BCUT2D eigenvalue weighted by atomic mass is 10.1. The van der Waals surface area contributed by atoms with Gasteiger partial charge in [0.05, 0.1) is 13.2 Å². The average Bonchev–Trinajstić information content (AvgIpc) is 2.25. The van der Waals surface area contributed by atoms with Crippen LogP contribution in [0.5, 0.6) is 0 Å². The molecule has 0 saturated carbocycles. The third-order valence-electron chi connectivity index (χ3n) is 2.40. The molecular weight excluding hydrogens is 224 g/mol. The highest BCUT2D eigenvalue weighted by Crippen LogP contribution is 2.04. The van der Waals surface area contributed by atoms with Crippen molar-refractivity contribution in [1.29, 1.82) is 0 Å². The number of ether oxygens (including phenoxy) is 1. The highest BCUT2D eigenvalue weighted by atomic mass is 16.5. The van der Waals surface area contributed by atoms with Crippen LogP contribution in [0.25, 0.3) is 0 Å². The van der Waals surface area contributed by atoms with E-state index >= 15 is 0 Å². The van der Waals surface area contributed by atoms with Crippen molar-refractivity contribution < 1.29 is 19.4 Å². The van der Waals surface area contributed by atoms with Gasteiger partial charge in [-0.3, -0.25) is 14.5 Å². The first-order valence-electron chi connectivity index (χ1n) is 5.71. The number of methoxy groups -OCH3 is 1. The lowest BCUT2D eigenvalue weighted by molar-refractivity contribution is -0.143. The van der Waals surface area contributed by atoms with Gasteiger partial charge in [-0.2, -0.15) is 0 Å². The SMILES string of the molecule is CCCC(C(=O)O)N(C)CC(=O)NCCOC. The summed E-state index contributed by atoms with van der Waals surface area (Å²) in [6.07, 6.45) is 1.31. The molecule has 0 aliphatic heterocycles. The molecular formula is C11H22N2O4. The zero-order valence-electron chi connectivity index (χ0n) is 10.7. The topological polar surface area (TPSA) is 78.9 Å². The molecule has 2 N–H and O–H groups in total. The van der Waals surface area contributed by atoms with E-state index in [-0.39, 0.29) is 12.5 Å². The Morgan fingerprint density at radius 3 is 2.59 bits per heavy atom. The summed E-state index contributed by atoms with van der Waals surface area (Å²) in [6, 6.07) is -0.604. The number of carboxylic acid groups (broad SMARTS) is 1. The molecule has 6 nitrogen and oxygen atoms in total. The van der Waals surface area contributed by atoms with E-state index in [1.165, 1.54) is 0 Å². The van der Waals surface area contributed by atoms with Gasteiger partial charge in [0.2, 0.25) is 5.91 Å². The Morgan fingerprint density at radius 2 is 2.12 bits per heavy atom. The molecule has 0 fully saturated rings. The second-order valence-electron chi connectivity index (χ2n) is 3.90. The quantitative estimate of drug-likeness (QED) is 0.557. The number of carbonyl (C=O) groups is 2. The maximum absolute atomic E-state index is 11.5. The smallest absolute Gasteiger partial charge is 0.320 e. The molecule has 0 aromatic rings. The van der Waals surface area contributed by atoms with Crippen LogP contribution in [-0.2, 0) is 14.3 Å². The number of carbonyl (C=O) groups excluding carboxylic acids is 1. The standard InChI is InChI=1S/C11H22N2O4/c1-4-5-9(11(15)16)13(2)8-10(14)12-6-7-17-3/h9H,4-8H2,1-3H3,(H,12,14)(H,15,16). The fourth-order valence-electron chi connectivity index (χ4n) is 1.49. The number of aliphatic carboxylic acids is 1. The number of carboxylic acids is 1. The second-order valence-corrected chi connectivity index (χ2v) is 3.90. The summed E-state index contributed by atoms with van der Waals surface area (Å²) in [6.45, 7) is 2.89. The first-order valence-corrected chi connectivity index (χ1v) is 5.71. The molecule has 0 heterocycles. The largest absolute Gasteiger partial charge is 0.480 e. The normalized spacial score (nSPS) is 12.5. The van der Waals surface area contributed by atoms with Crippen LogP contribution in [0, 0.1) is 0 Å². The molecule has 0 aliphatic rings. The highest BCUT2D eigenvalue weighted by molar-refractivity contribution is 5.79. The molecule has 1 amide bonds. The van der Waals surface area contributed by atoms with E-state index in [1.807, 2.05) is 6.92 Å².